The Hall–Kier alpha value is -2.98. The van der Waals surface area contributed by atoms with Gasteiger partial charge in [-0.1, -0.05) is 71.2 Å². The second-order valence-corrected chi connectivity index (χ2v) is 12.1. The number of nitrogens with zero attached hydrogens (tertiary/aromatic N) is 2. The van der Waals surface area contributed by atoms with Crippen LogP contribution in [0.4, 0.5) is 5.69 Å². The largest absolute Gasteiger partial charge is 0.495 e. The highest BCUT2D eigenvalue weighted by molar-refractivity contribution is 7.92. The lowest BCUT2D eigenvalue weighted by atomic mass is 10.0. The van der Waals surface area contributed by atoms with Crippen LogP contribution in [0.25, 0.3) is 0 Å². The summed E-state index contributed by atoms with van der Waals surface area (Å²) in [6, 6.07) is 17.6. The molecular weight excluding hydrogens is 597 g/mol. The SMILES string of the molecule is CCNC(=O)[C@@H](Cc1ccccc1)N(Cc1ccc(Cl)c(Cl)c1)C(=O)CN(c1ccc(OC)c(Cl)c1)S(C)(=O)=O. The number of halogens is 3. The molecule has 12 heteroatoms. The van der Waals surface area contributed by atoms with Crippen molar-refractivity contribution < 1.29 is 22.7 Å². The fourth-order valence-corrected chi connectivity index (χ4v) is 5.52. The number of ether oxygens (including phenoxy) is 1. The van der Waals surface area contributed by atoms with Crippen LogP contribution in [0, 0.1) is 0 Å². The van der Waals surface area contributed by atoms with Crippen molar-refractivity contribution in [2.24, 2.45) is 0 Å². The standard InChI is InChI=1S/C28H30Cl3N3O5S/c1-4-32-28(36)25(15-19-8-6-5-7-9-19)33(17-20-10-12-22(29)23(30)14-20)27(35)18-34(40(3,37)38)21-11-13-26(39-2)24(31)16-21/h5-14,16,25H,4,15,17-18H2,1-3H3,(H,32,36)/t25-/m1/s1. The number of hydrogen-bond donors (Lipinski definition) is 1. The van der Waals surface area contributed by atoms with Crippen LogP contribution < -0.4 is 14.4 Å². The van der Waals surface area contributed by atoms with Crippen molar-refractivity contribution in [3.05, 3.63) is 92.9 Å². The van der Waals surface area contributed by atoms with Crippen LogP contribution in [-0.2, 0) is 32.6 Å². The molecule has 0 bridgehead atoms. The number of amides is 2. The van der Waals surface area contributed by atoms with Gasteiger partial charge in [-0.2, -0.15) is 0 Å². The highest BCUT2D eigenvalue weighted by Crippen LogP contribution is 2.31. The summed E-state index contributed by atoms with van der Waals surface area (Å²) in [5, 5.41) is 3.61. The second-order valence-electron chi connectivity index (χ2n) is 8.96. The van der Waals surface area contributed by atoms with Crippen LogP contribution in [0.5, 0.6) is 5.75 Å². The van der Waals surface area contributed by atoms with Gasteiger partial charge in [-0.25, -0.2) is 8.42 Å². The van der Waals surface area contributed by atoms with Crippen molar-refractivity contribution in [2.45, 2.75) is 25.9 Å². The average molecular weight is 627 g/mol. The number of likely N-dealkylation sites (N-methyl/N-ethyl adjacent to an activating group) is 1. The van der Waals surface area contributed by atoms with Gasteiger partial charge in [-0.05, 0) is 48.4 Å². The number of anilines is 1. The van der Waals surface area contributed by atoms with Crippen molar-refractivity contribution in [3.63, 3.8) is 0 Å². The third-order valence-corrected chi connectivity index (χ3v) is 8.24. The zero-order valence-corrected chi connectivity index (χ0v) is 25.3. The van der Waals surface area contributed by atoms with E-state index < -0.39 is 28.5 Å². The quantitative estimate of drug-likeness (QED) is 0.298. The van der Waals surface area contributed by atoms with Gasteiger partial charge < -0.3 is 15.0 Å². The van der Waals surface area contributed by atoms with Crippen molar-refractivity contribution in [1.82, 2.24) is 10.2 Å². The van der Waals surface area contributed by atoms with E-state index in [1.807, 2.05) is 30.3 Å². The van der Waals surface area contributed by atoms with Gasteiger partial charge in [0.05, 0.1) is 34.1 Å². The van der Waals surface area contributed by atoms with Crippen LogP contribution in [0.15, 0.2) is 66.7 Å². The summed E-state index contributed by atoms with van der Waals surface area (Å²) in [5.74, 6) is -0.626. The molecule has 1 N–H and O–H groups in total. The first-order valence-electron chi connectivity index (χ1n) is 12.3. The van der Waals surface area contributed by atoms with E-state index in [4.69, 9.17) is 39.5 Å². The lowest BCUT2D eigenvalue weighted by molar-refractivity contribution is -0.140. The van der Waals surface area contributed by atoms with Gasteiger partial charge >= 0.3 is 0 Å². The van der Waals surface area contributed by atoms with Crippen LogP contribution in [0.2, 0.25) is 15.1 Å². The topological polar surface area (TPSA) is 96.0 Å². The third kappa shape index (κ3) is 8.27. The van der Waals surface area contributed by atoms with Gasteiger partial charge in [0.2, 0.25) is 21.8 Å². The number of nitrogens with one attached hydrogen (secondary N) is 1. The molecule has 0 unspecified atom stereocenters. The zero-order chi connectivity index (χ0) is 29.4. The Balaban J connectivity index is 2.07. The minimum Gasteiger partial charge on any atom is -0.495 e. The maximum absolute atomic E-state index is 14.0. The molecule has 0 fully saturated rings. The summed E-state index contributed by atoms with van der Waals surface area (Å²) in [7, 11) is -2.50. The maximum atomic E-state index is 14.0. The predicted molar refractivity (Wildman–Crippen MR) is 160 cm³/mol. The van der Waals surface area contributed by atoms with Crippen molar-refractivity contribution >= 4 is 62.3 Å². The Kier molecular flexibility index (Phi) is 11.1. The van der Waals surface area contributed by atoms with E-state index in [9.17, 15) is 18.0 Å². The minimum atomic E-state index is -3.94. The molecule has 3 aromatic rings. The Morgan fingerprint density at radius 3 is 2.20 bits per heavy atom. The van der Waals surface area contributed by atoms with Crippen LogP contribution in [0.3, 0.4) is 0 Å². The van der Waals surface area contributed by atoms with Crippen molar-refractivity contribution in [3.8, 4) is 5.75 Å². The summed E-state index contributed by atoms with van der Waals surface area (Å²) >= 11 is 18.6. The summed E-state index contributed by atoms with van der Waals surface area (Å²) < 4.78 is 31.8. The summed E-state index contributed by atoms with van der Waals surface area (Å²) in [4.78, 5) is 28.7. The molecule has 214 valence electrons. The fraction of sp³-hybridized carbons (Fsp3) is 0.286. The molecule has 3 rings (SSSR count). The number of hydrogen-bond acceptors (Lipinski definition) is 5. The molecule has 0 aromatic heterocycles. The Morgan fingerprint density at radius 2 is 1.62 bits per heavy atom. The molecule has 3 aromatic carbocycles. The number of carbonyl (C=O) groups excluding carboxylic acids is 2. The van der Waals surface area contributed by atoms with Crippen molar-refractivity contribution in [1.29, 1.82) is 0 Å². The number of benzene rings is 3. The predicted octanol–water partition coefficient (Wildman–Crippen LogP) is 5.20. The molecule has 1 atom stereocenters. The second kappa shape index (κ2) is 14.1. The van der Waals surface area contributed by atoms with Gasteiger partial charge in [0.1, 0.15) is 18.3 Å². The zero-order valence-electron chi connectivity index (χ0n) is 22.2. The molecule has 0 saturated carbocycles. The first-order chi connectivity index (χ1) is 18.9. The van der Waals surface area contributed by atoms with E-state index in [0.717, 1.165) is 16.1 Å². The third-order valence-electron chi connectivity index (χ3n) is 6.06. The lowest BCUT2D eigenvalue weighted by Gasteiger charge is -2.33. The first kappa shape index (κ1) is 31.5. The molecule has 0 spiro atoms. The summed E-state index contributed by atoms with van der Waals surface area (Å²) in [6.07, 6.45) is 1.19. The fourth-order valence-electron chi connectivity index (χ4n) is 4.10. The van der Waals surface area contributed by atoms with E-state index in [0.29, 0.717) is 22.9 Å². The molecule has 2 amide bonds. The van der Waals surface area contributed by atoms with Gasteiger partial charge in [0.25, 0.3) is 0 Å². The molecule has 0 heterocycles. The van der Waals surface area contributed by atoms with Gasteiger partial charge in [0.15, 0.2) is 0 Å². The normalized spacial score (nSPS) is 11.9. The summed E-state index contributed by atoms with van der Waals surface area (Å²) in [5.41, 5.74) is 1.62. The highest BCUT2D eigenvalue weighted by atomic mass is 35.5. The van der Waals surface area contributed by atoms with Crippen LogP contribution in [-0.4, -0.2) is 57.6 Å². The number of sulfonamides is 1. The maximum Gasteiger partial charge on any atom is 0.244 e. The molecule has 0 saturated heterocycles. The molecule has 0 aliphatic rings. The monoisotopic (exact) mass is 625 g/mol. The highest BCUT2D eigenvalue weighted by Gasteiger charge is 2.33. The van der Waals surface area contributed by atoms with Gasteiger partial charge in [-0.3, -0.25) is 13.9 Å². The number of methoxy groups -OCH3 is 1. The summed E-state index contributed by atoms with van der Waals surface area (Å²) in [6.45, 7) is 1.53. The van der Waals surface area contributed by atoms with Crippen molar-refractivity contribution in [2.75, 3.05) is 30.8 Å². The minimum absolute atomic E-state index is 0.0225. The Bertz CT molecular complexity index is 1450. The first-order valence-corrected chi connectivity index (χ1v) is 15.3. The van der Waals surface area contributed by atoms with Gasteiger partial charge in [0, 0.05) is 19.5 Å². The average Bonchev–Trinajstić information content (AvgIpc) is 2.91. The number of carbonyl (C=O) groups is 2. The molecule has 0 aliphatic heterocycles. The molecule has 8 nitrogen and oxygen atoms in total. The van der Waals surface area contributed by atoms with E-state index in [1.54, 1.807) is 25.1 Å². The molecule has 0 radical (unpaired) electrons. The molecule has 40 heavy (non-hydrogen) atoms. The van der Waals surface area contributed by atoms with E-state index in [1.165, 1.54) is 30.2 Å². The smallest absolute Gasteiger partial charge is 0.244 e. The number of rotatable bonds is 12. The Morgan fingerprint density at radius 1 is 0.925 bits per heavy atom. The van der Waals surface area contributed by atoms with Gasteiger partial charge in [-0.15, -0.1) is 0 Å². The van der Waals surface area contributed by atoms with Crippen LogP contribution in [0.1, 0.15) is 18.1 Å². The van der Waals surface area contributed by atoms with E-state index in [2.05, 4.69) is 5.32 Å². The van der Waals surface area contributed by atoms with E-state index >= 15 is 0 Å². The lowest BCUT2D eigenvalue weighted by Crippen LogP contribution is -2.53. The van der Waals surface area contributed by atoms with E-state index in [-0.39, 0.29) is 34.6 Å². The Labute approximate surface area is 249 Å². The van der Waals surface area contributed by atoms with Crippen LogP contribution >= 0.6 is 34.8 Å². The molecular formula is C28H30Cl3N3O5S. The molecule has 0 aliphatic carbocycles.